The van der Waals surface area contributed by atoms with Crippen LogP contribution in [0, 0.1) is 5.92 Å². The Labute approximate surface area is 164 Å². The summed E-state index contributed by atoms with van der Waals surface area (Å²) in [5.74, 6) is -0.986. The largest absolute Gasteiger partial charge is 0.341 e. The molecule has 2 aromatic carbocycles. The fourth-order valence-electron chi connectivity index (χ4n) is 4.40. The van der Waals surface area contributed by atoms with Gasteiger partial charge < -0.3 is 4.90 Å². The minimum atomic E-state index is -1.29. The zero-order valence-corrected chi connectivity index (χ0v) is 16.2. The molecule has 5 heteroatoms. The molecule has 1 heterocycles. The predicted octanol–water partition coefficient (Wildman–Crippen LogP) is 3.46. The first-order chi connectivity index (χ1) is 13.6. The molecule has 0 N–H and O–H groups in total. The minimum absolute atomic E-state index is 0.0646. The van der Waals surface area contributed by atoms with Gasteiger partial charge in [0, 0.05) is 13.1 Å². The van der Waals surface area contributed by atoms with Crippen LogP contribution in [-0.2, 0) is 10.3 Å². The molecule has 1 fully saturated rings. The average molecular weight is 376 g/mol. The van der Waals surface area contributed by atoms with Gasteiger partial charge in [0.1, 0.15) is 0 Å². The molecule has 0 saturated heterocycles. The van der Waals surface area contributed by atoms with Gasteiger partial charge in [-0.25, -0.2) is 0 Å². The SMILES string of the molecule is CCN(CC)C(=O)C(c1ccccc1)(C1CC1)N1C(=O)c2ccccc2C1=O. The van der Waals surface area contributed by atoms with E-state index in [0.29, 0.717) is 29.8 Å². The van der Waals surface area contributed by atoms with Crippen molar-refractivity contribution in [2.75, 3.05) is 13.1 Å². The van der Waals surface area contributed by atoms with E-state index in [1.54, 1.807) is 29.2 Å². The van der Waals surface area contributed by atoms with Crippen molar-refractivity contribution in [1.29, 1.82) is 0 Å². The standard InChI is InChI=1S/C23H24N2O3/c1-3-24(4-2)22(28)23(17-14-15-17,16-10-6-5-7-11-16)25-20(26)18-12-8-9-13-19(18)21(25)27/h5-13,17H,3-4,14-15H2,1-2H3. The lowest BCUT2D eigenvalue weighted by atomic mass is 9.81. The van der Waals surface area contributed by atoms with Crippen LogP contribution >= 0.6 is 0 Å². The highest BCUT2D eigenvalue weighted by Crippen LogP contribution is 2.52. The van der Waals surface area contributed by atoms with Crippen LogP contribution in [0.1, 0.15) is 53.0 Å². The second kappa shape index (κ2) is 6.89. The van der Waals surface area contributed by atoms with E-state index >= 15 is 0 Å². The van der Waals surface area contributed by atoms with Crippen molar-refractivity contribution in [3.05, 3.63) is 71.3 Å². The molecule has 1 atom stereocenters. The fourth-order valence-corrected chi connectivity index (χ4v) is 4.40. The van der Waals surface area contributed by atoms with E-state index in [1.165, 1.54) is 4.90 Å². The Hall–Kier alpha value is -2.95. The Morgan fingerprint density at radius 3 is 1.89 bits per heavy atom. The summed E-state index contributed by atoms with van der Waals surface area (Å²) in [4.78, 5) is 43.7. The number of hydrogen-bond donors (Lipinski definition) is 0. The number of carbonyl (C=O) groups is 3. The average Bonchev–Trinajstić information content (AvgIpc) is 3.54. The molecule has 1 unspecified atom stereocenters. The van der Waals surface area contributed by atoms with E-state index in [9.17, 15) is 14.4 Å². The summed E-state index contributed by atoms with van der Waals surface area (Å²) in [7, 11) is 0. The third-order valence-electron chi connectivity index (χ3n) is 5.91. The molecule has 5 nitrogen and oxygen atoms in total. The van der Waals surface area contributed by atoms with Crippen LogP contribution in [0.3, 0.4) is 0 Å². The molecule has 0 bridgehead atoms. The Balaban J connectivity index is 1.96. The van der Waals surface area contributed by atoms with Crippen LogP contribution in [0.4, 0.5) is 0 Å². The second-order valence-electron chi connectivity index (χ2n) is 7.38. The Morgan fingerprint density at radius 2 is 1.43 bits per heavy atom. The highest BCUT2D eigenvalue weighted by atomic mass is 16.2. The smallest absolute Gasteiger partial charge is 0.262 e. The molecule has 4 rings (SSSR count). The first kappa shape index (κ1) is 18.4. The molecule has 2 aromatic rings. The van der Waals surface area contributed by atoms with Gasteiger partial charge in [0.05, 0.1) is 11.1 Å². The normalized spacial score (nSPS) is 18.0. The molecule has 144 valence electrons. The summed E-state index contributed by atoms with van der Waals surface area (Å²) in [5.41, 5.74) is 0.172. The summed E-state index contributed by atoms with van der Waals surface area (Å²) >= 11 is 0. The molecule has 0 aromatic heterocycles. The maximum absolute atomic E-state index is 13.9. The Morgan fingerprint density at radius 1 is 0.929 bits per heavy atom. The third-order valence-corrected chi connectivity index (χ3v) is 5.91. The molecule has 3 amide bonds. The number of benzene rings is 2. The molecular formula is C23H24N2O3. The van der Waals surface area contributed by atoms with Crippen molar-refractivity contribution < 1.29 is 14.4 Å². The van der Waals surface area contributed by atoms with Crippen LogP contribution < -0.4 is 0 Å². The van der Waals surface area contributed by atoms with Crippen LogP contribution in [0.5, 0.6) is 0 Å². The van der Waals surface area contributed by atoms with E-state index in [1.807, 2.05) is 44.2 Å². The lowest BCUT2D eigenvalue weighted by Gasteiger charge is -2.42. The molecule has 1 aliphatic carbocycles. The zero-order valence-electron chi connectivity index (χ0n) is 16.2. The number of imide groups is 1. The number of hydrogen-bond acceptors (Lipinski definition) is 3. The lowest BCUT2D eigenvalue weighted by Crippen LogP contribution is -2.60. The van der Waals surface area contributed by atoms with Crippen molar-refractivity contribution in [3.8, 4) is 0 Å². The number of nitrogens with zero attached hydrogens (tertiary/aromatic N) is 2. The van der Waals surface area contributed by atoms with Gasteiger partial charge >= 0.3 is 0 Å². The van der Waals surface area contributed by atoms with Crippen molar-refractivity contribution in [1.82, 2.24) is 9.80 Å². The molecule has 2 aliphatic rings. The number of likely N-dealkylation sites (N-methyl/N-ethyl adjacent to an activating group) is 1. The summed E-state index contributed by atoms with van der Waals surface area (Å²) < 4.78 is 0. The van der Waals surface area contributed by atoms with E-state index in [2.05, 4.69) is 0 Å². The van der Waals surface area contributed by atoms with Crippen molar-refractivity contribution in [3.63, 3.8) is 0 Å². The van der Waals surface area contributed by atoms with Crippen molar-refractivity contribution in [2.45, 2.75) is 32.2 Å². The Bertz CT molecular complexity index is 897. The van der Waals surface area contributed by atoms with E-state index in [0.717, 1.165) is 12.8 Å². The highest BCUT2D eigenvalue weighted by molar-refractivity contribution is 6.23. The van der Waals surface area contributed by atoms with E-state index in [-0.39, 0.29) is 23.6 Å². The number of amides is 3. The van der Waals surface area contributed by atoms with Gasteiger partial charge in [-0.15, -0.1) is 0 Å². The van der Waals surface area contributed by atoms with Gasteiger partial charge in [0.25, 0.3) is 17.7 Å². The molecule has 1 aliphatic heterocycles. The summed E-state index contributed by atoms with van der Waals surface area (Å²) in [5, 5.41) is 0. The van der Waals surface area contributed by atoms with Gasteiger partial charge in [-0.05, 0) is 50.3 Å². The summed E-state index contributed by atoms with van der Waals surface area (Å²) in [6.45, 7) is 4.90. The van der Waals surface area contributed by atoms with Crippen LogP contribution in [0.15, 0.2) is 54.6 Å². The fraction of sp³-hybridized carbons (Fsp3) is 0.348. The van der Waals surface area contributed by atoms with Gasteiger partial charge in [-0.1, -0.05) is 42.5 Å². The maximum atomic E-state index is 13.9. The predicted molar refractivity (Wildman–Crippen MR) is 106 cm³/mol. The minimum Gasteiger partial charge on any atom is -0.341 e. The monoisotopic (exact) mass is 376 g/mol. The molecule has 28 heavy (non-hydrogen) atoms. The van der Waals surface area contributed by atoms with Gasteiger partial charge in [-0.3, -0.25) is 19.3 Å². The Kier molecular flexibility index (Phi) is 4.53. The third kappa shape index (κ3) is 2.49. The number of rotatable bonds is 6. The second-order valence-corrected chi connectivity index (χ2v) is 7.38. The molecule has 0 radical (unpaired) electrons. The summed E-state index contributed by atoms with van der Waals surface area (Å²) in [6.07, 6.45) is 1.63. The lowest BCUT2D eigenvalue weighted by molar-refractivity contribution is -0.143. The maximum Gasteiger partial charge on any atom is 0.262 e. The topological polar surface area (TPSA) is 57.7 Å². The first-order valence-corrected chi connectivity index (χ1v) is 9.90. The first-order valence-electron chi connectivity index (χ1n) is 9.90. The van der Waals surface area contributed by atoms with Crippen molar-refractivity contribution >= 4 is 17.7 Å². The van der Waals surface area contributed by atoms with Gasteiger partial charge in [-0.2, -0.15) is 0 Å². The van der Waals surface area contributed by atoms with Crippen LogP contribution in [-0.4, -0.2) is 40.6 Å². The van der Waals surface area contributed by atoms with Crippen LogP contribution in [0.25, 0.3) is 0 Å². The zero-order chi connectivity index (χ0) is 19.9. The molecule has 1 saturated carbocycles. The van der Waals surface area contributed by atoms with Crippen molar-refractivity contribution in [2.24, 2.45) is 5.92 Å². The van der Waals surface area contributed by atoms with Gasteiger partial charge in [0.2, 0.25) is 0 Å². The molecular weight excluding hydrogens is 352 g/mol. The number of carbonyl (C=O) groups excluding carboxylic acids is 3. The van der Waals surface area contributed by atoms with Gasteiger partial charge in [0.15, 0.2) is 5.54 Å². The van der Waals surface area contributed by atoms with E-state index < -0.39 is 5.54 Å². The highest BCUT2D eigenvalue weighted by Gasteiger charge is 2.62. The number of fused-ring (bicyclic) bond motifs is 1. The quantitative estimate of drug-likeness (QED) is 0.726. The molecule has 0 spiro atoms. The van der Waals surface area contributed by atoms with E-state index in [4.69, 9.17) is 0 Å². The van der Waals surface area contributed by atoms with Crippen LogP contribution in [0.2, 0.25) is 0 Å². The summed E-state index contributed by atoms with van der Waals surface area (Å²) in [6, 6.07) is 16.2.